The van der Waals surface area contributed by atoms with Crippen LogP contribution in [0.4, 0.5) is 0 Å². The summed E-state index contributed by atoms with van der Waals surface area (Å²) in [7, 11) is 0. The summed E-state index contributed by atoms with van der Waals surface area (Å²) in [6.07, 6.45) is 0. The van der Waals surface area contributed by atoms with Gasteiger partial charge in [0, 0.05) is 11.3 Å². The first-order chi connectivity index (χ1) is 11.7. The molecular formula is C18H15N3O2S. The summed E-state index contributed by atoms with van der Waals surface area (Å²) in [5.74, 6) is 1.87. The summed E-state index contributed by atoms with van der Waals surface area (Å²) < 4.78 is 11.3. The molecule has 6 heteroatoms. The fourth-order valence-corrected chi connectivity index (χ4v) is 2.60. The second-order valence-electron chi connectivity index (χ2n) is 5.08. The largest absolute Gasteiger partial charge is 0.493 e. The minimum Gasteiger partial charge on any atom is -0.493 e. The van der Waals surface area contributed by atoms with Crippen LogP contribution in [0, 0.1) is 18.3 Å². The molecule has 0 unspecified atom stereocenters. The van der Waals surface area contributed by atoms with Gasteiger partial charge in [0.25, 0.3) is 5.22 Å². The molecule has 0 N–H and O–H groups in total. The zero-order valence-corrected chi connectivity index (χ0v) is 13.9. The van der Waals surface area contributed by atoms with E-state index in [0.717, 1.165) is 5.56 Å². The molecule has 0 radical (unpaired) electrons. The second kappa shape index (κ2) is 7.66. The molecule has 0 aliphatic heterocycles. The molecule has 0 aliphatic carbocycles. The lowest BCUT2D eigenvalue weighted by Crippen LogP contribution is -2.00. The topological polar surface area (TPSA) is 71.9 Å². The van der Waals surface area contributed by atoms with Crippen LogP contribution in [0.3, 0.4) is 0 Å². The van der Waals surface area contributed by atoms with Gasteiger partial charge in [-0.2, -0.15) is 5.26 Å². The summed E-state index contributed by atoms with van der Waals surface area (Å²) in [4.78, 5) is 0. The maximum atomic E-state index is 8.86. The first kappa shape index (κ1) is 16.1. The van der Waals surface area contributed by atoms with Crippen LogP contribution in [0.1, 0.15) is 11.1 Å². The molecular weight excluding hydrogens is 322 g/mol. The normalized spacial score (nSPS) is 10.3. The van der Waals surface area contributed by atoms with Crippen molar-refractivity contribution in [2.24, 2.45) is 0 Å². The van der Waals surface area contributed by atoms with Gasteiger partial charge >= 0.3 is 0 Å². The molecule has 3 rings (SSSR count). The molecule has 1 aromatic heterocycles. The van der Waals surface area contributed by atoms with Crippen LogP contribution in [-0.4, -0.2) is 22.6 Å². The molecule has 1 heterocycles. The van der Waals surface area contributed by atoms with E-state index in [-0.39, 0.29) is 0 Å². The number of hydrogen-bond donors (Lipinski definition) is 0. The van der Waals surface area contributed by atoms with Crippen molar-refractivity contribution in [3.05, 3.63) is 59.7 Å². The summed E-state index contributed by atoms with van der Waals surface area (Å²) in [6, 6.07) is 17.1. The average molecular weight is 337 g/mol. The SMILES string of the molecule is Cc1ccc(-c2nnc(SCCOc3cccc(C#N)c3)o2)cc1. The number of ether oxygens (including phenoxy) is 1. The number of rotatable bonds is 6. The van der Waals surface area contributed by atoms with Gasteiger partial charge in [-0.25, -0.2) is 0 Å². The molecule has 0 bridgehead atoms. The smallest absolute Gasteiger partial charge is 0.276 e. The molecule has 3 aromatic rings. The van der Waals surface area contributed by atoms with Crippen LogP contribution >= 0.6 is 11.8 Å². The van der Waals surface area contributed by atoms with Gasteiger partial charge in [-0.15, -0.1) is 10.2 Å². The Balaban J connectivity index is 1.50. The highest BCUT2D eigenvalue weighted by atomic mass is 32.2. The van der Waals surface area contributed by atoms with E-state index in [0.29, 0.717) is 34.8 Å². The summed E-state index contributed by atoms with van der Waals surface area (Å²) in [5, 5.41) is 17.5. The first-order valence-corrected chi connectivity index (χ1v) is 8.39. The van der Waals surface area contributed by atoms with Gasteiger partial charge in [0.05, 0.1) is 18.2 Å². The third kappa shape index (κ3) is 4.15. The first-order valence-electron chi connectivity index (χ1n) is 7.41. The van der Waals surface area contributed by atoms with E-state index < -0.39 is 0 Å². The number of thioether (sulfide) groups is 1. The van der Waals surface area contributed by atoms with E-state index in [1.807, 2.05) is 37.3 Å². The van der Waals surface area contributed by atoms with Crippen LogP contribution in [0.2, 0.25) is 0 Å². The maximum Gasteiger partial charge on any atom is 0.276 e. The quantitative estimate of drug-likeness (QED) is 0.498. The molecule has 0 saturated heterocycles. The van der Waals surface area contributed by atoms with Crippen molar-refractivity contribution >= 4 is 11.8 Å². The molecule has 0 saturated carbocycles. The van der Waals surface area contributed by atoms with Crippen LogP contribution in [-0.2, 0) is 0 Å². The lowest BCUT2D eigenvalue weighted by molar-refractivity contribution is 0.343. The monoisotopic (exact) mass is 337 g/mol. The second-order valence-corrected chi connectivity index (χ2v) is 6.12. The zero-order valence-electron chi connectivity index (χ0n) is 13.1. The number of aromatic nitrogens is 2. The predicted octanol–water partition coefficient (Wildman–Crippen LogP) is 4.09. The Labute approximate surface area is 144 Å². The van der Waals surface area contributed by atoms with Gasteiger partial charge in [-0.1, -0.05) is 35.5 Å². The number of benzene rings is 2. The zero-order chi connectivity index (χ0) is 16.8. The summed E-state index contributed by atoms with van der Waals surface area (Å²) >= 11 is 1.44. The number of aryl methyl sites for hydroxylation is 1. The minimum absolute atomic E-state index is 0.488. The van der Waals surface area contributed by atoms with Crippen molar-refractivity contribution in [1.29, 1.82) is 5.26 Å². The Morgan fingerprint density at radius 1 is 1.17 bits per heavy atom. The Hall–Kier alpha value is -2.78. The van der Waals surface area contributed by atoms with Gasteiger partial charge in [0.2, 0.25) is 5.89 Å². The predicted molar refractivity (Wildman–Crippen MR) is 91.8 cm³/mol. The lowest BCUT2D eigenvalue weighted by atomic mass is 10.1. The standard InChI is InChI=1S/C18H15N3O2S/c1-13-5-7-15(8-6-13)17-20-21-18(23-17)24-10-9-22-16-4-2-3-14(11-16)12-19/h2-8,11H,9-10H2,1H3. The maximum absolute atomic E-state index is 8.86. The Bertz CT molecular complexity index is 853. The summed E-state index contributed by atoms with van der Waals surface area (Å²) in [6.45, 7) is 2.52. The minimum atomic E-state index is 0.488. The van der Waals surface area contributed by atoms with E-state index in [4.69, 9.17) is 14.4 Å². The molecule has 0 fully saturated rings. The third-order valence-electron chi connectivity index (χ3n) is 3.25. The van der Waals surface area contributed by atoms with Gasteiger partial charge in [0.1, 0.15) is 5.75 Å². The van der Waals surface area contributed by atoms with Crippen molar-refractivity contribution < 1.29 is 9.15 Å². The van der Waals surface area contributed by atoms with Crippen LogP contribution in [0.25, 0.3) is 11.5 Å². The fraction of sp³-hybridized carbons (Fsp3) is 0.167. The molecule has 120 valence electrons. The molecule has 0 atom stereocenters. The van der Waals surface area contributed by atoms with Crippen molar-refractivity contribution in [2.75, 3.05) is 12.4 Å². The molecule has 2 aromatic carbocycles. The van der Waals surface area contributed by atoms with E-state index in [1.54, 1.807) is 18.2 Å². The number of nitriles is 1. The highest BCUT2D eigenvalue weighted by molar-refractivity contribution is 7.99. The van der Waals surface area contributed by atoms with Crippen LogP contribution in [0.5, 0.6) is 5.75 Å². The molecule has 24 heavy (non-hydrogen) atoms. The van der Waals surface area contributed by atoms with Gasteiger partial charge in [0.15, 0.2) is 0 Å². The van der Waals surface area contributed by atoms with E-state index in [9.17, 15) is 0 Å². The average Bonchev–Trinajstić information content (AvgIpc) is 3.08. The van der Waals surface area contributed by atoms with Gasteiger partial charge < -0.3 is 9.15 Å². The molecule has 0 amide bonds. The summed E-state index contributed by atoms with van der Waals surface area (Å²) in [5.41, 5.74) is 2.68. The fourth-order valence-electron chi connectivity index (χ4n) is 2.02. The third-order valence-corrected chi connectivity index (χ3v) is 4.03. The Morgan fingerprint density at radius 2 is 2.00 bits per heavy atom. The van der Waals surface area contributed by atoms with Crippen molar-refractivity contribution in [3.8, 4) is 23.3 Å². The number of hydrogen-bond acceptors (Lipinski definition) is 6. The Morgan fingerprint density at radius 3 is 2.79 bits per heavy atom. The number of nitrogens with zero attached hydrogens (tertiary/aromatic N) is 3. The lowest BCUT2D eigenvalue weighted by Gasteiger charge is -2.04. The van der Waals surface area contributed by atoms with Gasteiger partial charge in [-0.05, 0) is 37.3 Å². The Kier molecular flexibility index (Phi) is 5.14. The van der Waals surface area contributed by atoms with Crippen molar-refractivity contribution in [2.45, 2.75) is 12.1 Å². The highest BCUT2D eigenvalue weighted by Gasteiger charge is 2.08. The van der Waals surface area contributed by atoms with E-state index in [2.05, 4.69) is 16.3 Å². The molecule has 0 spiro atoms. The van der Waals surface area contributed by atoms with E-state index >= 15 is 0 Å². The van der Waals surface area contributed by atoms with Gasteiger partial charge in [-0.3, -0.25) is 0 Å². The van der Waals surface area contributed by atoms with E-state index in [1.165, 1.54) is 17.3 Å². The van der Waals surface area contributed by atoms with Crippen molar-refractivity contribution in [3.63, 3.8) is 0 Å². The van der Waals surface area contributed by atoms with Crippen LogP contribution in [0.15, 0.2) is 58.2 Å². The molecule has 0 aliphatic rings. The van der Waals surface area contributed by atoms with Crippen molar-refractivity contribution in [1.82, 2.24) is 10.2 Å². The molecule has 5 nitrogen and oxygen atoms in total. The van der Waals surface area contributed by atoms with Crippen LogP contribution < -0.4 is 4.74 Å². The highest BCUT2D eigenvalue weighted by Crippen LogP contribution is 2.23.